The fourth-order valence-corrected chi connectivity index (χ4v) is 5.25. The van der Waals surface area contributed by atoms with Gasteiger partial charge in [-0.1, -0.05) is 19.0 Å². The maximum atomic E-state index is 14.3. The van der Waals surface area contributed by atoms with Crippen LogP contribution in [0.4, 0.5) is 25.1 Å². The SMILES string of the molecule is CC(C)c1noc(N2CCC(CCCOc3cnc(N4C[C@@H](N)[C@H](c5cc(F)c(F)cc5F)C4)nc3)CC2)n1. The van der Waals surface area contributed by atoms with E-state index in [2.05, 4.69) is 25.0 Å². The molecule has 2 N–H and O–H groups in total. The Morgan fingerprint density at radius 3 is 2.44 bits per heavy atom. The first-order valence-corrected chi connectivity index (χ1v) is 13.5. The molecule has 0 amide bonds. The normalized spacial score (nSPS) is 20.3. The maximum absolute atomic E-state index is 14.3. The van der Waals surface area contributed by atoms with Crippen LogP contribution >= 0.6 is 0 Å². The van der Waals surface area contributed by atoms with Gasteiger partial charge in [-0.15, -0.1) is 0 Å². The van der Waals surface area contributed by atoms with Crippen LogP contribution in [-0.4, -0.2) is 58.9 Å². The molecule has 0 bridgehead atoms. The zero-order valence-corrected chi connectivity index (χ0v) is 22.2. The molecular formula is C27H34F3N7O2. The molecule has 0 aliphatic carbocycles. The lowest BCUT2D eigenvalue weighted by atomic mass is 9.92. The highest BCUT2D eigenvalue weighted by Gasteiger charge is 2.35. The third-order valence-corrected chi connectivity index (χ3v) is 7.56. The Balaban J connectivity index is 1.05. The minimum atomic E-state index is -1.22. The standard InChI is InChI=1S/C27H34F3N7O2/c1-16(2)25-34-27(39-35-25)36-7-5-17(6-8-36)4-3-9-38-18-12-32-26(33-13-18)37-14-20(24(31)15-37)19-10-22(29)23(30)11-21(19)28/h10-13,16-17,20,24H,3-9,14-15,31H2,1-2H3/t20-,24+/m0/s1. The van der Waals surface area contributed by atoms with Crippen molar-refractivity contribution in [1.29, 1.82) is 0 Å². The van der Waals surface area contributed by atoms with Crippen molar-refractivity contribution in [1.82, 2.24) is 20.1 Å². The number of hydrogen-bond acceptors (Lipinski definition) is 9. The third-order valence-electron chi connectivity index (χ3n) is 7.56. The fourth-order valence-electron chi connectivity index (χ4n) is 5.25. The molecular weight excluding hydrogens is 511 g/mol. The summed E-state index contributed by atoms with van der Waals surface area (Å²) in [5.41, 5.74) is 6.26. The second kappa shape index (κ2) is 11.8. The number of rotatable bonds is 9. The number of anilines is 2. The predicted octanol–water partition coefficient (Wildman–Crippen LogP) is 4.41. The van der Waals surface area contributed by atoms with Gasteiger partial charge in [-0.3, -0.25) is 0 Å². The molecule has 2 aliphatic rings. The monoisotopic (exact) mass is 545 g/mol. The summed E-state index contributed by atoms with van der Waals surface area (Å²) < 4.78 is 52.6. The average molecular weight is 546 g/mol. The quantitative estimate of drug-likeness (QED) is 0.309. The van der Waals surface area contributed by atoms with Gasteiger partial charge in [0.05, 0.1) is 19.0 Å². The van der Waals surface area contributed by atoms with Crippen molar-refractivity contribution >= 4 is 12.0 Å². The lowest BCUT2D eigenvalue weighted by Crippen LogP contribution is -2.34. The highest BCUT2D eigenvalue weighted by atomic mass is 19.2. The van der Waals surface area contributed by atoms with E-state index in [1.54, 1.807) is 12.4 Å². The zero-order chi connectivity index (χ0) is 27.5. The van der Waals surface area contributed by atoms with Crippen LogP contribution in [0.3, 0.4) is 0 Å². The van der Waals surface area contributed by atoms with E-state index in [1.807, 2.05) is 18.7 Å². The molecule has 2 aromatic heterocycles. The van der Waals surface area contributed by atoms with Gasteiger partial charge in [-0.25, -0.2) is 23.1 Å². The van der Waals surface area contributed by atoms with Gasteiger partial charge in [0.2, 0.25) is 5.95 Å². The number of ether oxygens (including phenoxy) is 1. The Labute approximate surface area is 225 Å². The second-order valence-electron chi connectivity index (χ2n) is 10.7. The van der Waals surface area contributed by atoms with Gasteiger partial charge in [0.15, 0.2) is 23.2 Å². The molecule has 2 saturated heterocycles. The number of benzene rings is 1. The van der Waals surface area contributed by atoms with E-state index in [9.17, 15) is 13.2 Å². The number of halogens is 3. The van der Waals surface area contributed by atoms with Crippen molar-refractivity contribution in [3.05, 3.63) is 53.4 Å². The number of nitrogens with two attached hydrogens (primary N) is 1. The van der Waals surface area contributed by atoms with E-state index in [-0.39, 0.29) is 11.5 Å². The van der Waals surface area contributed by atoms with Crippen LogP contribution in [0, 0.1) is 23.4 Å². The summed E-state index contributed by atoms with van der Waals surface area (Å²) in [6.45, 7) is 7.14. The van der Waals surface area contributed by atoms with Crippen LogP contribution in [0.15, 0.2) is 29.0 Å². The summed E-state index contributed by atoms with van der Waals surface area (Å²) >= 11 is 0. The molecule has 3 aromatic rings. The summed E-state index contributed by atoms with van der Waals surface area (Å²) in [5.74, 6) is -1.01. The number of aromatic nitrogens is 4. The van der Waals surface area contributed by atoms with E-state index < -0.39 is 29.4 Å². The van der Waals surface area contributed by atoms with Crippen LogP contribution in [0.5, 0.6) is 5.75 Å². The van der Waals surface area contributed by atoms with Crippen LogP contribution in [-0.2, 0) is 0 Å². The smallest absolute Gasteiger partial charge is 0.324 e. The van der Waals surface area contributed by atoms with Crippen molar-refractivity contribution in [2.75, 3.05) is 42.6 Å². The Morgan fingerprint density at radius 2 is 1.74 bits per heavy atom. The molecule has 39 heavy (non-hydrogen) atoms. The highest BCUT2D eigenvalue weighted by Crippen LogP contribution is 2.32. The molecule has 9 nitrogen and oxygen atoms in total. The summed E-state index contributed by atoms with van der Waals surface area (Å²) in [5, 5.41) is 4.05. The Morgan fingerprint density at radius 1 is 1.03 bits per heavy atom. The van der Waals surface area contributed by atoms with Gasteiger partial charge < -0.3 is 24.8 Å². The third kappa shape index (κ3) is 6.26. The molecule has 210 valence electrons. The lowest BCUT2D eigenvalue weighted by molar-refractivity contribution is 0.275. The maximum Gasteiger partial charge on any atom is 0.324 e. The summed E-state index contributed by atoms with van der Waals surface area (Å²) in [6, 6.07) is 1.59. The molecule has 1 aromatic carbocycles. The van der Waals surface area contributed by atoms with Crippen molar-refractivity contribution in [2.24, 2.45) is 11.7 Å². The Hall–Kier alpha value is -3.41. The van der Waals surface area contributed by atoms with E-state index in [1.165, 1.54) is 0 Å². The molecule has 0 spiro atoms. The van der Waals surface area contributed by atoms with E-state index in [0.717, 1.165) is 50.7 Å². The van der Waals surface area contributed by atoms with Gasteiger partial charge in [-0.05, 0) is 43.2 Å². The lowest BCUT2D eigenvalue weighted by Gasteiger charge is -2.30. The van der Waals surface area contributed by atoms with Crippen molar-refractivity contribution in [3.63, 3.8) is 0 Å². The topological polar surface area (TPSA) is 106 Å². The molecule has 0 unspecified atom stereocenters. The van der Waals surface area contributed by atoms with Crippen LogP contribution in [0.1, 0.15) is 62.8 Å². The summed E-state index contributed by atoms with van der Waals surface area (Å²) in [4.78, 5) is 17.2. The van der Waals surface area contributed by atoms with Gasteiger partial charge >= 0.3 is 6.01 Å². The van der Waals surface area contributed by atoms with Crippen molar-refractivity contribution in [3.8, 4) is 5.75 Å². The van der Waals surface area contributed by atoms with Gasteiger partial charge in [0.1, 0.15) is 5.82 Å². The van der Waals surface area contributed by atoms with E-state index >= 15 is 0 Å². The molecule has 2 aliphatic heterocycles. The first-order chi connectivity index (χ1) is 18.8. The molecule has 0 radical (unpaired) electrons. The molecule has 4 heterocycles. The van der Waals surface area contributed by atoms with E-state index in [0.29, 0.717) is 49.4 Å². The molecule has 12 heteroatoms. The number of piperidine rings is 1. The zero-order valence-electron chi connectivity index (χ0n) is 22.2. The first kappa shape index (κ1) is 27.2. The Bertz CT molecular complexity index is 1250. The summed E-state index contributed by atoms with van der Waals surface area (Å²) in [7, 11) is 0. The number of hydrogen-bond donors (Lipinski definition) is 1. The van der Waals surface area contributed by atoms with E-state index in [4.69, 9.17) is 15.0 Å². The minimum Gasteiger partial charge on any atom is -0.490 e. The van der Waals surface area contributed by atoms with Crippen LogP contribution in [0.25, 0.3) is 0 Å². The predicted molar refractivity (Wildman–Crippen MR) is 139 cm³/mol. The largest absolute Gasteiger partial charge is 0.490 e. The molecule has 5 rings (SSSR count). The molecule has 2 atom stereocenters. The molecule has 2 fully saturated rings. The highest BCUT2D eigenvalue weighted by molar-refractivity contribution is 5.39. The molecule has 0 saturated carbocycles. The van der Waals surface area contributed by atoms with Crippen LogP contribution < -0.4 is 20.3 Å². The van der Waals surface area contributed by atoms with Gasteiger partial charge in [-0.2, -0.15) is 4.98 Å². The fraction of sp³-hybridized carbons (Fsp3) is 0.556. The van der Waals surface area contributed by atoms with Crippen molar-refractivity contribution < 1.29 is 22.4 Å². The number of nitrogens with zero attached hydrogens (tertiary/aromatic N) is 6. The van der Waals surface area contributed by atoms with Gasteiger partial charge in [0, 0.05) is 50.1 Å². The first-order valence-electron chi connectivity index (χ1n) is 13.5. The van der Waals surface area contributed by atoms with Crippen molar-refractivity contribution in [2.45, 2.75) is 57.4 Å². The average Bonchev–Trinajstić information content (AvgIpc) is 3.57. The Kier molecular flexibility index (Phi) is 8.20. The van der Waals surface area contributed by atoms with Gasteiger partial charge in [0.25, 0.3) is 0 Å². The van der Waals surface area contributed by atoms with Crippen LogP contribution in [0.2, 0.25) is 0 Å². The minimum absolute atomic E-state index is 0.0597. The second-order valence-corrected chi connectivity index (χ2v) is 10.7. The summed E-state index contributed by atoms with van der Waals surface area (Å²) in [6.07, 6.45) is 7.35.